The van der Waals surface area contributed by atoms with Crippen molar-refractivity contribution in [2.45, 2.75) is 44.6 Å². The number of nitrogens with zero attached hydrogens (tertiary/aromatic N) is 2. The number of ether oxygens (including phenoxy) is 2. The lowest BCUT2D eigenvalue weighted by Crippen LogP contribution is -2.46. The van der Waals surface area contributed by atoms with Crippen molar-refractivity contribution in [3.05, 3.63) is 65.5 Å². The summed E-state index contributed by atoms with van der Waals surface area (Å²) in [7, 11) is 0. The first kappa shape index (κ1) is 17.2. The topological polar surface area (TPSA) is 51.7 Å². The number of rotatable bonds is 4. The first-order valence-corrected chi connectivity index (χ1v) is 9.23. The molecule has 2 heterocycles. The number of aryl methyl sites for hydroxylation is 1. The number of carbonyl (C=O) groups excluding carboxylic acids is 1. The van der Waals surface area contributed by atoms with E-state index >= 15 is 0 Å². The van der Waals surface area contributed by atoms with Gasteiger partial charge in [0.25, 0.3) is 5.91 Å². The molecule has 1 saturated heterocycles. The lowest BCUT2D eigenvalue weighted by Gasteiger charge is -2.31. The average molecular weight is 352 g/mol. The van der Waals surface area contributed by atoms with Gasteiger partial charge < -0.3 is 14.4 Å². The van der Waals surface area contributed by atoms with Crippen LogP contribution in [-0.2, 0) is 16.1 Å². The summed E-state index contributed by atoms with van der Waals surface area (Å²) in [6.07, 6.45) is 5.39. The summed E-state index contributed by atoms with van der Waals surface area (Å²) in [5.74, 6) is 0.0780. The summed E-state index contributed by atoms with van der Waals surface area (Å²) >= 11 is 0. The van der Waals surface area contributed by atoms with Gasteiger partial charge in [0.15, 0.2) is 0 Å². The van der Waals surface area contributed by atoms with Gasteiger partial charge in [0.05, 0.1) is 25.4 Å². The lowest BCUT2D eigenvalue weighted by atomic mass is 10.1. The van der Waals surface area contributed by atoms with Gasteiger partial charge >= 0.3 is 0 Å². The van der Waals surface area contributed by atoms with Crippen molar-refractivity contribution >= 4 is 5.91 Å². The van der Waals surface area contributed by atoms with E-state index in [-0.39, 0.29) is 24.2 Å². The van der Waals surface area contributed by atoms with Gasteiger partial charge in [-0.2, -0.15) is 0 Å². The zero-order valence-corrected chi connectivity index (χ0v) is 15.0. The van der Waals surface area contributed by atoms with Crippen molar-refractivity contribution in [3.63, 3.8) is 0 Å². The van der Waals surface area contributed by atoms with Crippen molar-refractivity contribution in [2.75, 3.05) is 13.2 Å². The molecule has 1 aliphatic heterocycles. The van der Waals surface area contributed by atoms with Crippen LogP contribution < -0.4 is 0 Å². The fourth-order valence-corrected chi connectivity index (χ4v) is 4.01. The minimum Gasteiger partial charge on any atom is -0.374 e. The molecule has 1 aromatic heterocycles. The Kier molecular flexibility index (Phi) is 5.00. The van der Waals surface area contributed by atoms with Crippen LogP contribution in [0.3, 0.4) is 0 Å². The van der Waals surface area contributed by atoms with Crippen LogP contribution in [-0.4, -0.2) is 47.2 Å². The highest BCUT2D eigenvalue weighted by molar-refractivity contribution is 5.96. The highest BCUT2D eigenvalue weighted by Crippen LogP contribution is 2.33. The Hall–Kier alpha value is -2.24. The molecule has 0 radical (unpaired) electrons. The zero-order chi connectivity index (χ0) is 17.9. The van der Waals surface area contributed by atoms with Gasteiger partial charge in [0.2, 0.25) is 0 Å². The first-order valence-electron chi connectivity index (χ1n) is 9.23. The Labute approximate surface area is 153 Å². The third-order valence-electron chi connectivity index (χ3n) is 5.36. The fraction of sp³-hybridized carbons (Fsp3) is 0.429. The molecule has 0 N–H and O–H groups in total. The predicted octanol–water partition coefficient (Wildman–Crippen LogP) is 2.98. The number of hydrogen-bond acceptors (Lipinski definition) is 4. The normalized spacial score (nSPS) is 25.1. The van der Waals surface area contributed by atoms with Crippen LogP contribution in [0.4, 0.5) is 0 Å². The van der Waals surface area contributed by atoms with Crippen LogP contribution >= 0.6 is 0 Å². The molecular formula is C21H24N2O3. The lowest BCUT2D eigenvalue weighted by molar-refractivity contribution is -0.0598. The number of amides is 1. The molecule has 3 atom stereocenters. The second-order valence-electron chi connectivity index (χ2n) is 7.00. The molecule has 5 nitrogen and oxygen atoms in total. The Morgan fingerprint density at radius 1 is 1.27 bits per heavy atom. The van der Waals surface area contributed by atoms with Crippen molar-refractivity contribution < 1.29 is 14.3 Å². The zero-order valence-electron chi connectivity index (χ0n) is 15.0. The first-order chi connectivity index (χ1) is 12.7. The molecule has 1 aromatic carbocycles. The number of fused-ring (bicyclic) bond motifs is 2. The molecule has 1 saturated carbocycles. The van der Waals surface area contributed by atoms with Gasteiger partial charge in [0.1, 0.15) is 6.10 Å². The van der Waals surface area contributed by atoms with E-state index in [1.54, 1.807) is 6.20 Å². The van der Waals surface area contributed by atoms with E-state index in [1.165, 1.54) is 0 Å². The second kappa shape index (κ2) is 7.56. The van der Waals surface area contributed by atoms with Crippen LogP contribution in [0.5, 0.6) is 0 Å². The monoisotopic (exact) mass is 352 g/mol. The van der Waals surface area contributed by atoms with Crippen molar-refractivity contribution in [2.24, 2.45) is 0 Å². The summed E-state index contributed by atoms with van der Waals surface area (Å²) in [6.45, 7) is 3.64. The molecular weight excluding hydrogens is 328 g/mol. The van der Waals surface area contributed by atoms with Crippen LogP contribution in [0, 0.1) is 6.92 Å². The maximum atomic E-state index is 13.2. The predicted molar refractivity (Wildman–Crippen MR) is 97.8 cm³/mol. The smallest absolute Gasteiger partial charge is 0.254 e. The molecule has 136 valence electrons. The minimum atomic E-state index is -0.0920. The molecule has 4 rings (SSSR count). The van der Waals surface area contributed by atoms with E-state index in [0.29, 0.717) is 19.8 Å². The van der Waals surface area contributed by atoms with E-state index in [9.17, 15) is 4.79 Å². The van der Waals surface area contributed by atoms with Gasteiger partial charge in [-0.05, 0) is 43.0 Å². The van der Waals surface area contributed by atoms with E-state index < -0.39 is 0 Å². The molecule has 26 heavy (non-hydrogen) atoms. The van der Waals surface area contributed by atoms with Crippen molar-refractivity contribution in [1.82, 2.24) is 9.88 Å². The Bertz CT molecular complexity index is 765. The quantitative estimate of drug-likeness (QED) is 0.849. The van der Waals surface area contributed by atoms with E-state index in [1.807, 2.05) is 54.4 Å². The molecule has 2 fully saturated rings. The third kappa shape index (κ3) is 3.37. The SMILES string of the molecule is Cc1ccccc1C(=O)N1CCO[C@H]2CC[C@H]1[C@H]2OCc1cccnc1. The minimum absolute atomic E-state index is 0.0614. The fourth-order valence-electron chi connectivity index (χ4n) is 4.01. The number of pyridine rings is 1. The van der Waals surface area contributed by atoms with Crippen LogP contribution in [0.15, 0.2) is 48.8 Å². The van der Waals surface area contributed by atoms with E-state index in [2.05, 4.69) is 4.98 Å². The van der Waals surface area contributed by atoms with Crippen LogP contribution in [0.25, 0.3) is 0 Å². The van der Waals surface area contributed by atoms with Gasteiger partial charge in [-0.25, -0.2) is 0 Å². The summed E-state index contributed by atoms with van der Waals surface area (Å²) in [4.78, 5) is 19.3. The number of hydrogen-bond donors (Lipinski definition) is 0. The summed E-state index contributed by atoms with van der Waals surface area (Å²) in [6, 6.07) is 11.7. The Morgan fingerprint density at radius 3 is 2.96 bits per heavy atom. The Morgan fingerprint density at radius 2 is 2.15 bits per heavy atom. The van der Waals surface area contributed by atoms with Gasteiger partial charge in [-0.3, -0.25) is 9.78 Å². The maximum Gasteiger partial charge on any atom is 0.254 e. The highest BCUT2D eigenvalue weighted by Gasteiger charge is 2.44. The molecule has 5 heteroatoms. The van der Waals surface area contributed by atoms with Gasteiger partial charge in [-0.1, -0.05) is 24.3 Å². The number of carbonyl (C=O) groups is 1. The van der Waals surface area contributed by atoms with Crippen LogP contribution in [0.2, 0.25) is 0 Å². The number of aromatic nitrogens is 1. The Balaban J connectivity index is 1.53. The average Bonchev–Trinajstić information content (AvgIpc) is 2.96. The molecule has 1 aliphatic carbocycles. The third-order valence-corrected chi connectivity index (χ3v) is 5.36. The van der Waals surface area contributed by atoms with E-state index in [0.717, 1.165) is 29.5 Å². The highest BCUT2D eigenvalue weighted by atomic mass is 16.5. The molecule has 2 aromatic rings. The summed E-state index contributed by atoms with van der Waals surface area (Å²) < 4.78 is 12.2. The molecule has 2 aliphatic rings. The number of benzene rings is 1. The second-order valence-corrected chi connectivity index (χ2v) is 7.00. The van der Waals surface area contributed by atoms with Crippen molar-refractivity contribution in [3.8, 4) is 0 Å². The molecule has 0 spiro atoms. The molecule has 1 amide bonds. The summed E-state index contributed by atoms with van der Waals surface area (Å²) in [5.41, 5.74) is 2.81. The molecule has 2 bridgehead atoms. The maximum absolute atomic E-state index is 13.2. The van der Waals surface area contributed by atoms with Gasteiger partial charge in [-0.15, -0.1) is 0 Å². The van der Waals surface area contributed by atoms with Crippen LogP contribution in [0.1, 0.15) is 34.3 Å². The summed E-state index contributed by atoms with van der Waals surface area (Å²) in [5, 5.41) is 0. The van der Waals surface area contributed by atoms with E-state index in [4.69, 9.17) is 9.47 Å². The van der Waals surface area contributed by atoms with Crippen molar-refractivity contribution in [1.29, 1.82) is 0 Å². The standard InChI is InChI=1S/C21H24N2O3/c1-15-5-2-3-7-17(15)21(24)23-11-12-25-19-9-8-18(23)20(19)26-14-16-6-4-10-22-13-16/h2-7,10,13,18-20H,8-9,11-12,14H2,1H3/t18-,19-,20+/m0/s1. The molecule has 0 unspecified atom stereocenters. The van der Waals surface area contributed by atoms with Gasteiger partial charge in [0, 0.05) is 24.5 Å². The largest absolute Gasteiger partial charge is 0.374 e.